The first-order valence-electron chi connectivity index (χ1n) is 7.61. The fourth-order valence-electron chi connectivity index (χ4n) is 2.30. The summed E-state index contributed by atoms with van der Waals surface area (Å²) in [5, 5.41) is 4.07. The van der Waals surface area contributed by atoms with Crippen LogP contribution < -0.4 is 9.80 Å². The van der Waals surface area contributed by atoms with Crippen molar-refractivity contribution >= 4 is 11.4 Å². The van der Waals surface area contributed by atoms with Crippen molar-refractivity contribution in [1.82, 2.24) is 9.78 Å². The monoisotopic (exact) mass is 324 g/mol. The molecule has 0 amide bonds. The molecule has 0 aliphatic carbocycles. The van der Waals surface area contributed by atoms with E-state index >= 15 is 0 Å². The molecule has 0 radical (unpaired) electrons. The number of hydrogen-bond donors (Lipinski definition) is 0. The molecular weight excluding hydrogens is 298 g/mol. The van der Waals surface area contributed by atoms with Crippen LogP contribution in [-0.4, -0.2) is 38.0 Å². The minimum absolute atomic E-state index is 0.0253. The molecule has 1 heterocycles. The van der Waals surface area contributed by atoms with E-state index in [9.17, 15) is 8.78 Å². The molecule has 1 aromatic carbocycles. The van der Waals surface area contributed by atoms with Gasteiger partial charge in [-0.2, -0.15) is 5.10 Å². The van der Waals surface area contributed by atoms with Gasteiger partial charge in [-0.25, -0.2) is 8.78 Å². The number of aromatic nitrogens is 2. The van der Waals surface area contributed by atoms with Gasteiger partial charge in [0.05, 0.1) is 17.6 Å². The predicted octanol–water partition coefficient (Wildman–Crippen LogP) is 4.18. The second-order valence-electron chi connectivity index (χ2n) is 5.42. The molecule has 6 heteroatoms. The molecule has 2 rings (SSSR count). The van der Waals surface area contributed by atoms with Gasteiger partial charge in [0.1, 0.15) is 0 Å². The molecule has 0 fully saturated rings. The van der Waals surface area contributed by atoms with Gasteiger partial charge >= 0.3 is 0 Å². The summed E-state index contributed by atoms with van der Waals surface area (Å²) < 4.78 is 28.5. The van der Waals surface area contributed by atoms with Gasteiger partial charge in [-0.05, 0) is 17.7 Å². The van der Waals surface area contributed by atoms with Crippen molar-refractivity contribution in [1.29, 1.82) is 0 Å². The lowest BCUT2D eigenvalue weighted by atomic mass is 10.00. The van der Waals surface area contributed by atoms with Gasteiger partial charge < -0.3 is 9.80 Å². The summed E-state index contributed by atoms with van der Waals surface area (Å²) in [5.41, 5.74) is 2.90. The maximum absolute atomic E-state index is 13.4. The van der Waals surface area contributed by atoms with Crippen molar-refractivity contribution in [2.24, 2.45) is 7.05 Å². The standard InChI is InChI=1S/C15H20F2N4.C2H6/c1-19(2)13-6-11(10-8-18-21(5)9-10)12(15(16)17)7-14(13)20(3)4;1-2/h6-9,15H,1-5H3;1-2H3. The molecule has 0 saturated heterocycles. The Kier molecular flexibility index (Phi) is 6.54. The Morgan fingerprint density at radius 2 is 1.52 bits per heavy atom. The van der Waals surface area contributed by atoms with Crippen molar-refractivity contribution < 1.29 is 8.78 Å². The lowest BCUT2D eigenvalue weighted by Gasteiger charge is -2.25. The number of benzene rings is 1. The topological polar surface area (TPSA) is 24.3 Å². The van der Waals surface area contributed by atoms with Crippen LogP contribution in [0.3, 0.4) is 0 Å². The summed E-state index contributed by atoms with van der Waals surface area (Å²) in [6, 6.07) is 3.36. The van der Waals surface area contributed by atoms with Crippen LogP contribution in [0.4, 0.5) is 20.2 Å². The summed E-state index contributed by atoms with van der Waals surface area (Å²) in [4.78, 5) is 3.76. The molecule has 0 bridgehead atoms. The van der Waals surface area contributed by atoms with Gasteiger partial charge in [-0.1, -0.05) is 13.8 Å². The van der Waals surface area contributed by atoms with Crippen molar-refractivity contribution in [2.45, 2.75) is 20.3 Å². The number of hydrogen-bond acceptors (Lipinski definition) is 3. The van der Waals surface area contributed by atoms with Gasteiger partial charge in [0, 0.05) is 52.6 Å². The van der Waals surface area contributed by atoms with E-state index in [1.54, 1.807) is 36.3 Å². The first-order valence-corrected chi connectivity index (χ1v) is 7.61. The Labute approximate surface area is 137 Å². The van der Waals surface area contributed by atoms with E-state index in [-0.39, 0.29) is 5.56 Å². The highest BCUT2D eigenvalue weighted by Crippen LogP contribution is 2.39. The SMILES string of the molecule is CC.CN(C)c1cc(-c2cnn(C)c2)c(C(F)F)cc1N(C)C. The van der Waals surface area contributed by atoms with E-state index in [2.05, 4.69) is 5.10 Å². The first kappa shape index (κ1) is 18.9. The van der Waals surface area contributed by atoms with E-state index in [0.29, 0.717) is 11.1 Å². The molecule has 128 valence electrons. The maximum atomic E-state index is 13.4. The van der Waals surface area contributed by atoms with Crippen molar-refractivity contribution in [3.8, 4) is 11.1 Å². The van der Waals surface area contributed by atoms with Crippen LogP contribution in [0.2, 0.25) is 0 Å². The third-order valence-electron chi connectivity index (χ3n) is 3.36. The number of anilines is 2. The van der Waals surface area contributed by atoms with E-state index in [1.165, 1.54) is 0 Å². The fraction of sp³-hybridized carbons (Fsp3) is 0.471. The van der Waals surface area contributed by atoms with Gasteiger partial charge in [-0.15, -0.1) is 0 Å². The molecule has 0 unspecified atom stereocenters. The highest BCUT2D eigenvalue weighted by atomic mass is 19.3. The molecular formula is C17H26F2N4. The van der Waals surface area contributed by atoms with Crippen LogP contribution in [0.1, 0.15) is 25.8 Å². The van der Waals surface area contributed by atoms with E-state index < -0.39 is 6.43 Å². The molecule has 0 aliphatic heterocycles. The summed E-state index contributed by atoms with van der Waals surface area (Å²) in [6.45, 7) is 4.00. The van der Waals surface area contributed by atoms with Gasteiger partial charge in [0.25, 0.3) is 6.43 Å². The lowest BCUT2D eigenvalue weighted by molar-refractivity contribution is 0.152. The number of rotatable bonds is 4. The van der Waals surface area contributed by atoms with E-state index in [1.807, 2.05) is 51.8 Å². The molecule has 23 heavy (non-hydrogen) atoms. The number of aryl methyl sites for hydroxylation is 1. The van der Waals surface area contributed by atoms with Crippen LogP contribution in [0, 0.1) is 0 Å². The minimum atomic E-state index is -2.53. The van der Waals surface area contributed by atoms with Crippen LogP contribution in [-0.2, 0) is 7.05 Å². The fourth-order valence-corrected chi connectivity index (χ4v) is 2.30. The summed E-state index contributed by atoms with van der Waals surface area (Å²) in [5.74, 6) is 0. The second kappa shape index (κ2) is 7.94. The Bertz CT molecular complexity index is 634. The van der Waals surface area contributed by atoms with E-state index in [0.717, 1.165) is 11.4 Å². The third kappa shape index (κ3) is 4.21. The third-order valence-corrected chi connectivity index (χ3v) is 3.36. The normalized spacial score (nSPS) is 10.3. The van der Waals surface area contributed by atoms with Crippen molar-refractivity contribution in [3.63, 3.8) is 0 Å². The highest BCUT2D eigenvalue weighted by Gasteiger charge is 2.20. The Balaban J connectivity index is 0.00000127. The van der Waals surface area contributed by atoms with Crippen LogP contribution in [0.15, 0.2) is 24.5 Å². The van der Waals surface area contributed by atoms with Crippen LogP contribution >= 0.6 is 0 Å². The predicted molar refractivity (Wildman–Crippen MR) is 93.6 cm³/mol. The molecule has 2 aromatic rings. The largest absolute Gasteiger partial charge is 0.376 e. The Hall–Kier alpha value is -2.11. The number of halogens is 2. The molecule has 0 atom stereocenters. The summed E-state index contributed by atoms with van der Waals surface area (Å²) >= 11 is 0. The first-order chi connectivity index (χ1) is 10.8. The maximum Gasteiger partial charge on any atom is 0.264 e. The summed E-state index contributed by atoms with van der Waals surface area (Å²) in [7, 11) is 9.27. The van der Waals surface area contributed by atoms with Gasteiger partial charge in [0.15, 0.2) is 0 Å². The number of nitrogens with zero attached hydrogens (tertiary/aromatic N) is 4. The second-order valence-corrected chi connectivity index (χ2v) is 5.42. The highest BCUT2D eigenvalue weighted by molar-refractivity contribution is 5.81. The molecule has 0 spiro atoms. The van der Waals surface area contributed by atoms with Crippen LogP contribution in [0.5, 0.6) is 0 Å². The molecule has 0 saturated carbocycles. The average molecular weight is 324 g/mol. The van der Waals surface area contributed by atoms with E-state index in [4.69, 9.17) is 0 Å². The van der Waals surface area contributed by atoms with Crippen molar-refractivity contribution in [2.75, 3.05) is 38.0 Å². The van der Waals surface area contributed by atoms with Gasteiger partial charge in [0.2, 0.25) is 0 Å². The lowest BCUT2D eigenvalue weighted by Crippen LogP contribution is -2.17. The molecule has 0 aliphatic rings. The minimum Gasteiger partial charge on any atom is -0.376 e. The zero-order valence-electron chi connectivity index (χ0n) is 14.9. The zero-order valence-corrected chi connectivity index (χ0v) is 14.9. The van der Waals surface area contributed by atoms with Crippen molar-refractivity contribution in [3.05, 3.63) is 30.1 Å². The molecule has 4 nitrogen and oxygen atoms in total. The zero-order chi connectivity index (χ0) is 17.7. The summed E-state index contributed by atoms with van der Waals surface area (Å²) in [6.07, 6.45) is 0.821. The Morgan fingerprint density at radius 1 is 1.00 bits per heavy atom. The molecule has 0 N–H and O–H groups in total. The quantitative estimate of drug-likeness (QED) is 0.843. The molecule has 1 aromatic heterocycles. The Morgan fingerprint density at radius 3 is 1.91 bits per heavy atom. The average Bonchev–Trinajstić information content (AvgIpc) is 2.94. The van der Waals surface area contributed by atoms with Crippen LogP contribution in [0.25, 0.3) is 11.1 Å². The number of alkyl halides is 2. The smallest absolute Gasteiger partial charge is 0.264 e. The van der Waals surface area contributed by atoms with Gasteiger partial charge in [-0.3, -0.25) is 4.68 Å².